The largest absolute Gasteiger partial charge is 0.452 e. The van der Waals surface area contributed by atoms with Crippen LogP contribution in [-0.4, -0.2) is 23.2 Å². The molecular weight excluding hydrogens is 290 g/mol. The maximum Gasteiger partial charge on any atom is 0.260 e. The molecule has 1 aliphatic rings. The molecule has 2 aromatic carbocycles. The fourth-order valence-electron chi connectivity index (χ4n) is 3.57. The Hall–Kier alpha value is -1.87. The highest BCUT2D eigenvalue weighted by atomic mass is 32.1. The second-order valence-electron chi connectivity index (χ2n) is 6.14. The second kappa shape index (κ2) is 5.73. The maximum atomic E-state index is 6.36. The fourth-order valence-corrected chi connectivity index (χ4v) is 3.82. The molecule has 3 heteroatoms. The van der Waals surface area contributed by atoms with Crippen molar-refractivity contribution in [1.82, 2.24) is 4.90 Å². The Bertz CT molecular complexity index is 614. The number of hydrogen-bond acceptors (Lipinski definition) is 2. The molecule has 0 saturated carbocycles. The van der Waals surface area contributed by atoms with Crippen molar-refractivity contribution in [2.75, 3.05) is 7.05 Å². The molecule has 1 atom stereocenters. The third-order valence-electron chi connectivity index (χ3n) is 4.41. The van der Waals surface area contributed by atoms with Crippen molar-refractivity contribution in [3.05, 3.63) is 71.8 Å². The van der Waals surface area contributed by atoms with Crippen LogP contribution in [0.25, 0.3) is 0 Å². The van der Waals surface area contributed by atoms with E-state index >= 15 is 0 Å². The molecule has 1 heterocycles. The number of thiocarbonyl (C=S) groups is 1. The van der Waals surface area contributed by atoms with E-state index < -0.39 is 5.60 Å². The Kier molecular flexibility index (Phi) is 3.92. The fraction of sp³-hybridized carbons (Fsp3) is 0.316. The van der Waals surface area contributed by atoms with E-state index in [1.165, 1.54) is 0 Å². The molecule has 0 aliphatic carbocycles. The van der Waals surface area contributed by atoms with Crippen molar-refractivity contribution in [3.8, 4) is 0 Å². The number of hydrogen-bond donors (Lipinski definition) is 0. The van der Waals surface area contributed by atoms with Crippen molar-refractivity contribution >= 4 is 17.4 Å². The monoisotopic (exact) mass is 311 g/mol. The third-order valence-corrected chi connectivity index (χ3v) is 4.78. The molecule has 0 radical (unpaired) electrons. The molecule has 114 valence electrons. The minimum atomic E-state index is -0.553. The van der Waals surface area contributed by atoms with Crippen LogP contribution in [0.5, 0.6) is 0 Å². The van der Waals surface area contributed by atoms with Crippen molar-refractivity contribution in [3.63, 3.8) is 0 Å². The summed E-state index contributed by atoms with van der Waals surface area (Å²) in [6, 6.07) is 21.0. The summed E-state index contributed by atoms with van der Waals surface area (Å²) >= 11 is 5.49. The van der Waals surface area contributed by atoms with Gasteiger partial charge in [-0.15, -0.1) is 0 Å². The number of likely N-dealkylation sites (N-methyl/N-ethyl adjacent to an activating group) is 1. The van der Waals surface area contributed by atoms with Crippen LogP contribution < -0.4 is 0 Å². The SMILES string of the molecule is CC(C)[C@@H]1N(C)C(=S)OC1(c1ccccc1)c1ccccc1. The third kappa shape index (κ3) is 2.20. The molecular formula is C19H21NOS. The van der Waals surface area contributed by atoms with Gasteiger partial charge >= 0.3 is 0 Å². The Labute approximate surface area is 137 Å². The van der Waals surface area contributed by atoms with E-state index in [-0.39, 0.29) is 6.04 Å². The molecule has 0 bridgehead atoms. The molecule has 0 unspecified atom stereocenters. The van der Waals surface area contributed by atoms with E-state index in [2.05, 4.69) is 67.3 Å². The van der Waals surface area contributed by atoms with Crippen LogP contribution >= 0.6 is 12.2 Å². The molecule has 2 aromatic rings. The molecule has 0 N–H and O–H groups in total. The van der Waals surface area contributed by atoms with Gasteiger partial charge in [0, 0.05) is 18.2 Å². The first-order valence-corrected chi connectivity index (χ1v) is 8.05. The first kappa shape index (κ1) is 15.0. The smallest absolute Gasteiger partial charge is 0.260 e. The predicted octanol–water partition coefficient (Wildman–Crippen LogP) is 4.20. The molecule has 1 aliphatic heterocycles. The maximum absolute atomic E-state index is 6.36. The van der Waals surface area contributed by atoms with Gasteiger partial charge < -0.3 is 9.64 Å². The van der Waals surface area contributed by atoms with Crippen molar-refractivity contribution in [2.45, 2.75) is 25.5 Å². The van der Waals surface area contributed by atoms with Crippen molar-refractivity contribution in [2.24, 2.45) is 5.92 Å². The second-order valence-corrected chi connectivity index (χ2v) is 6.48. The molecule has 2 nitrogen and oxygen atoms in total. The summed E-state index contributed by atoms with van der Waals surface area (Å²) in [5.41, 5.74) is 1.74. The summed E-state index contributed by atoms with van der Waals surface area (Å²) in [5.74, 6) is 0.394. The zero-order valence-electron chi connectivity index (χ0n) is 13.2. The zero-order valence-corrected chi connectivity index (χ0v) is 14.0. The van der Waals surface area contributed by atoms with Crippen LogP contribution in [0.15, 0.2) is 60.7 Å². The van der Waals surface area contributed by atoms with E-state index in [1.807, 2.05) is 19.2 Å². The van der Waals surface area contributed by atoms with Crippen molar-refractivity contribution < 1.29 is 4.74 Å². The minimum absolute atomic E-state index is 0.157. The quantitative estimate of drug-likeness (QED) is 0.788. The van der Waals surface area contributed by atoms with E-state index in [0.717, 1.165) is 11.1 Å². The number of nitrogens with zero attached hydrogens (tertiary/aromatic N) is 1. The van der Waals surface area contributed by atoms with E-state index in [1.54, 1.807) is 0 Å². The molecule has 1 saturated heterocycles. The summed E-state index contributed by atoms with van der Waals surface area (Å²) < 4.78 is 6.36. The average Bonchev–Trinajstić information content (AvgIpc) is 2.82. The Morgan fingerprint density at radius 1 is 0.955 bits per heavy atom. The number of benzene rings is 2. The van der Waals surface area contributed by atoms with Gasteiger partial charge in [0.25, 0.3) is 5.17 Å². The van der Waals surface area contributed by atoms with Gasteiger partial charge in [-0.05, 0) is 18.1 Å². The highest BCUT2D eigenvalue weighted by molar-refractivity contribution is 7.80. The topological polar surface area (TPSA) is 12.5 Å². The number of rotatable bonds is 3. The van der Waals surface area contributed by atoms with Gasteiger partial charge in [-0.25, -0.2) is 0 Å². The normalized spacial score (nSPS) is 20.3. The summed E-state index contributed by atoms with van der Waals surface area (Å²) in [6.45, 7) is 4.44. The van der Waals surface area contributed by atoms with Crippen molar-refractivity contribution in [1.29, 1.82) is 0 Å². The van der Waals surface area contributed by atoms with Gasteiger partial charge in [0.05, 0.1) is 6.04 Å². The van der Waals surface area contributed by atoms with Crippen LogP contribution in [0.1, 0.15) is 25.0 Å². The first-order valence-electron chi connectivity index (χ1n) is 7.64. The summed E-state index contributed by atoms with van der Waals surface area (Å²) in [7, 11) is 2.03. The van der Waals surface area contributed by atoms with E-state index in [9.17, 15) is 0 Å². The average molecular weight is 311 g/mol. The Morgan fingerprint density at radius 3 is 1.82 bits per heavy atom. The summed E-state index contributed by atoms with van der Waals surface area (Å²) in [4.78, 5) is 2.10. The minimum Gasteiger partial charge on any atom is -0.452 e. The van der Waals surface area contributed by atoms with Crippen LogP contribution in [0.4, 0.5) is 0 Å². The Balaban J connectivity index is 2.26. The molecule has 0 amide bonds. The van der Waals surface area contributed by atoms with E-state index in [0.29, 0.717) is 11.1 Å². The lowest BCUT2D eigenvalue weighted by atomic mass is 9.76. The van der Waals surface area contributed by atoms with Gasteiger partial charge in [-0.2, -0.15) is 0 Å². The van der Waals surface area contributed by atoms with Crippen LogP contribution in [0, 0.1) is 5.92 Å². The highest BCUT2D eigenvalue weighted by Gasteiger charge is 2.54. The summed E-state index contributed by atoms with van der Waals surface area (Å²) in [5, 5.41) is 0.561. The highest BCUT2D eigenvalue weighted by Crippen LogP contribution is 2.46. The standard InChI is InChI=1S/C19H21NOS/c1-14(2)17-19(21-18(22)20(17)3,15-10-6-4-7-11-15)16-12-8-5-9-13-16/h4-14,17H,1-3H3/t17-/m0/s1. The first-order chi connectivity index (χ1) is 10.6. The molecule has 22 heavy (non-hydrogen) atoms. The molecule has 0 spiro atoms. The Morgan fingerprint density at radius 2 is 1.41 bits per heavy atom. The lowest BCUT2D eigenvalue weighted by Crippen LogP contribution is -2.46. The lowest BCUT2D eigenvalue weighted by molar-refractivity contribution is 0.0756. The van der Waals surface area contributed by atoms with Crippen LogP contribution in [0.2, 0.25) is 0 Å². The zero-order chi connectivity index (χ0) is 15.7. The van der Waals surface area contributed by atoms with Gasteiger partial charge in [-0.3, -0.25) is 0 Å². The van der Waals surface area contributed by atoms with Crippen LogP contribution in [-0.2, 0) is 10.3 Å². The lowest BCUT2D eigenvalue weighted by Gasteiger charge is -2.37. The van der Waals surface area contributed by atoms with Crippen LogP contribution in [0.3, 0.4) is 0 Å². The van der Waals surface area contributed by atoms with Gasteiger partial charge in [0.1, 0.15) is 0 Å². The van der Waals surface area contributed by atoms with Gasteiger partial charge in [0.2, 0.25) is 0 Å². The predicted molar refractivity (Wildman–Crippen MR) is 93.7 cm³/mol. The summed E-state index contributed by atoms with van der Waals surface area (Å²) in [6.07, 6.45) is 0. The molecule has 1 fully saturated rings. The number of ether oxygens (including phenoxy) is 1. The van der Waals surface area contributed by atoms with Gasteiger partial charge in [-0.1, -0.05) is 74.5 Å². The van der Waals surface area contributed by atoms with Gasteiger partial charge in [0.15, 0.2) is 5.60 Å². The molecule has 3 rings (SSSR count). The molecule has 0 aromatic heterocycles. The van der Waals surface area contributed by atoms with E-state index in [4.69, 9.17) is 17.0 Å².